The molecule has 4 nitrogen and oxygen atoms in total. The van der Waals surface area contributed by atoms with Crippen LogP contribution in [0.2, 0.25) is 5.02 Å². The van der Waals surface area contributed by atoms with Crippen LogP contribution in [0.3, 0.4) is 0 Å². The summed E-state index contributed by atoms with van der Waals surface area (Å²) in [6.45, 7) is 0. The number of ketones is 1. The number of aromatic amines is 1. The molecule has 0 spiro atoms. The van der Waals surface area contributed by atoms with Gasteiger partial charge in [0, 0.05) is 28.0 Å². The first-order chi connectivity index (χ1) is 12.1. The highest BCUT2D eigenvalue weighted by atomic mass is 35.5. The summed E-state index contributed by atoms with van der Waals surface area (Å²) < 4.78 is 5.27. The van der Waals surface area contributed by atoms with Crippen molar-refractivity contribution in [1.82, 2.24) is 4.98 Å². The molecule has 0 fully saturated rings. The maximum Gasteiger partial charge on any atom is 0.200 e. The van der Waals surface area contributed by atoms with E-state index in [0.29, 0.717) is 34.5 Å². The highest BCUT2D eigenvalue weighted by Gasteiger charge is 2.30. The van der Waals surface area contributed by atoms with Crippen LogP contribution in [0, 0.1) is 0 Å². The molecule has 25 heavy (non-hydrogen) atoms. The fraction of sp³-hybridized carbons (Fsp3) is 0.200. The van der Waals surface area contributed by atoms with Gasteiger partial charge in [-0.3, -0.25) is 9.59 Å². The Labute approximate surface area is 149 Å². The van der Waals surface area contributed by atoms with E-state index in [1.807, 2.05) is 24.3 Å². The second-order valence-electron chi connectivity index (χ2n) is 6.30. The summed E-state index contributed by atoms with van der Waals surface area (Å²) in [5, 5.41) is 0.940. The molecule has 1 aliphatic carbocycles. The van der Waals surface area contributed by atoms with Crippen LogP contribution in [0.4, 0.5) is 0 Å². The van der Waals surface area contributed by atoms with Crippen molar-refractivity contribution in [3.05, 3.63) is 74.5 Å². The van der Waals surface area contributed by atoms with Crippen LogP contribution in [-0.4, -0.2) is 17.9 Å². The molecule has 126 valence electrons. The molecule has 1 atom stereocenters. The van der Waals surface area contributed by atoms with Crippen molar-refractivity contribution < 1.29 is 9.53 Å². The van der Waals surface area contributed by atoms with Gasteiger partial charge in [0.15, 0.2) is 5.78 Å². The Hall–Kier alpha value is -2.59. The quantitative estimate of drug-likeness (QED) is 0.754. The molecule has 4 rings (SSSR count). The first-order valence-corrected chi connectivity index (χ1v) is 8.46. The van der Waals surface area contributed by atoms with Crippen LogP contribution in [0.25, 0.3) is 10.9 Å². The Balaban J connectivity index is 1.83. The average molecular weight is 354 g/mol. The van der Waals surface area contributed by atoms with Gasteiger partial charge in [0.05, 0.1) is 12.7 Å². The number of H-pyrrole nitrogens is 1. The summed E-state index contributed by atoms with van der Waals surface area (Å²) in [6, 6.07) is 12.8. The Morgan fingerprint density at radius 3 is 2.76 bits per heavy atom. The Kier molecular flexibility index (Phi) is 3.85. The zero-order chi connectivity index (χ0) is 17.6. The lowest BCUT2D eigenvalue weighted by atomic mass is 9.81. The molecule has 2 aromatic carbocycles. The summed E-state index contributed by atoms with van der Waals surface area (Å²) >= 11 is 5.99. The number of Topliss-reactive ketones (excluding diaryl/α,β-unsaturated/α-hetero) is 1. The van der Waals surface area contributed by atoms with Crippen molar-refractivity contribution in [3.63, 3.8) is 0 Å². The van der Waals surface area contributed by atoms with Crippen LogP contribution in [0.15, 0.2) is 47.3 Å². The van der Waals surface area contributed by atoms with Gasteiger partial charge in [-0.15, -0.1) is 0 Å². The number of ether oxygens (including phenoxy) is 1. The van der Waals surface area contributed by atoms with E-state index >= 15 is 0 Å². The van der Waals surface area contributed by atoms with E-state index in [1.54, 1.807) is 25.3 Å². The number of fused-ring (bicyclic) bond motifs is 2. The van der Waals surface area contributed by atoms with Crippen molar-refractivity contribution in [2.75, 3.05) is 7.11 Å². The lowest BCUT2D eigenvalue weighted by Gasteiger charge is -2.24. The zero-order valence-corrected chi connectivity index (χ0v) is 14.4. The van der Waals surface area contributed by atoms with Gasteiger partial charge < -0.3 is 9.72 Å². The first kappa shape index (κ1) is 15.9. The van der Waals surface area contributed by atoms with Gasteiger partial charge in [0.1, 0.15) is 5.75 Å². The highest BCUT2D eigenvalue weighted by Crippen LogP contribution is 2.33. The number of methoxy groups -OCH3 is 1. The van der Waals surface area contributed by atoms with Crippen LogP contribution < -0.4 is 10.2 Å². The van der Waals surface area contributed by atoms with Crippen LogP contribution in [-0.2, 0) is 6.42 Å². The number of rotatable bonds is 2. The molecule has 0 aliphatic heterocycles. The number of pyridine rings is 1. The van der Waals surface area contributed by atoms with E-state index in [1.165, 1.54) is 0 Å². The fourth-order valence-corrected chi connectivity index (χ4v) is 3.71. The fourth-order valence-electron chi connectivity index (χ4n) is 3.53. The van der Waals surface area contributed by atoms with Gasteiger partial charge in [-0.1, -0.05) is 23.7 Å². The molecule has 1 aliphatic rings. The molecular formula is C20H16ClNO3. The minimum Gasteiger partial charge on any atom is -0.497 e. The number of carbonyl (C=O) groups is 1. The van der Waals surface area contributed by atoms with Gasteiger partial charge in [-0.05, 0) is 48.2 Å². The number of benzene rings is 2. The molecule has 0 radical (unpaired) electrons. The third kappa shape index (κ3) is 2.72. The Morgan fingerprint density at radius 2 is 1.96 bits per heavy atom. The minimum absolute atomic E-state index is 0.0236. The standard InChI is InChI=1S/C20H16ClNO3/c1-25-14-4-2-3-11(7-14)12-8-17-19(18(23)9-12)20(24)15-10-13(21)5-6-16(15)22-17/h2-7,10,12H,8-9H2,1H3,(H,22,24). The summed E-state index contributed by atoms with van der Waals surface area (Å²) in [4.78, 5) is 28.7. The van der Waals surface area contributed by atoms with Gasteiger partial charge in [-0.2, -0.15) is 0 Å². The van der Waals surface area contributed by atoms with E-state index < -0.39 is 0 Å². The largest absolute Gasteiger partial charge is 0.497 e. The van der Waals surface area contributed by atoms with Gasteiger partial charge in [-0.25, -0.2) is 0 Å². The average Bonchev–Trinajstić information content (AvgIpc) is 2.62. The summed E-state index contributed by atoms with van der Waals surface area (Å²) in [7, 11) is 1.62. The van der Waals surface area contributed by atoms with E-state index in [-0.39, 0.29) is 22.7 Å². The Morgan fingerprint density at radius 1 is 1.12 bits per heavy atom. The highest BCUT2D eigenvalue weighted by molar-refractivity contribution is 6.31. The second kappa shape index (κ2) is 6.05. The van der Waals surface area contributed by atoms with Crippen molar-refractivity contribution in [2.24, 2.45) is 0 Å². The molecule has 0 saturated heterocycles. The summed E-state index contributed by atoms with van der Waals surface area (Å²) in [5.41, 5.74) is 2.47. The maximum absolute atomic E-state index is 12.8. The second-order valence-corrected chi connectivity index (χ2v) is 6.74. The monoisotopic (exact) mass is 353 g/mol. The first-order valence-electron chi connectivity index (χ1n) is 8.08. The Bertz CT molecular complexity index is 1050. The molecule has 0 bridgehead atoms. The normalized spacial score (nSPS) is 16.7. The number of nitrogens with one attached hydrogen (secondary N) is 1. The van der Waals surface area contributed by atoms with E-state index in [9.17, 15) is 9.59 Å². The number of halogens is 1. The van der Waals surface area contributed by atoms with Crippen LogP contribution in [0.5, 0.6) is 5.75 Å². The van der Waals surface area contributed by atoms with Crippen molar-refractivity contribution >= 4 is 28.3 Å². The maximum atomic E-state index is 12.8. The van der Waals surface area contributed by atoms with Gasteiger partial charge in [0.25, 0.3) is 0 Å². The van der Waals surface area contributed by atoms with Crippen LogP contribution in [0.1, 0.15) is 34.0 Å². The third-order valence-electron chi connectivity index (χ3n) is 4.77. The molecular weight excluding hydrogens is 338 g/mol. The van der Waals surface area contributed by atoms with Gasteiger partial charge >= 0.3 is 0 Å². The zero-order valence-electron chi connectivity index (χ0n) is 13.6. The summed E-state index contributed by atoms with van der Waals surface area (Å²) in [5.74, 6) is 0.657. The lowest BCUT2D eigenvalue weighted by Crippen LogP contribution is -2.27. The smallest absolute Gasteiger partial charge is 0.200 e. The predicted octanol–water partition coefficient (Wildman–Crippen LogP) is 4.10. The minimum atomic E-state index is -0.236. The SMILES string of the molecule is COc1cccc(C2CC(=O)c3c([nH]c4ccc(Cl)cc4c3=O)C2)c1. The van der Waals surface area contributed by atoms with Crippen LogP contribution >= 0.6 is 11.6 Å². The van der Waals surface area contributed by atoms with Crippen molar-refractivity contribution in [2.45, 2.75) is 18.8 Å². The van der Waals surface area contributed by atoms with Crippen molar-refractivity contribution in [1.29, 1.82) is 0 Å². The molecule has 0 amide bonds. The number of hydrogen-bond donors (Lipinski definition) is 1. The molecule has 5 heteroatoms. The number of carbonyl (C=O) groups excluding carboxylic acids is 1. The predicted molar refractivity (Wildman–Crippen MR) is 98.0 cm³/mol. The molecule has 1 N–H and O–H groups in total. The molecule has 1 heterocycles. The number of hydrogen-bond acceptors (Lipinski definition) is 3. The molecule has 1 aromatic heterocycles. The van der Waals surface area contributed by atoms with E-state index in [0.717, 1.165) is 11.3 Å². The number of aromatic nitrogens is 1. The molecule has 3 aromatic rings. The van der Waals surface area contributed by atoms with E-state index in [4.69, 9.17) is 16.3 Å². The van der Waals surface area contributed by atoms with Gasteiger partial charge in [0.2, 0.25) is 5.43 Å². The lowest BCUT2D eigenvalue weighted by molar-refractivity contribution is 0.0962. The van der Waals surface area contributed by atoms with Crippen molar-refractivity contribution in [3.8, 4) is 5.75 Å². The van der Waals surface area contributed by atoms with E-state index in [2.05, 4.69) is 4.98 Å². The molecule has 0 saturated carbocycles. The summed E-state index contributed by atoms with van der Waals surface area (Å²) in [6.07, 6.45) is 0.928. The third-order valence-corrected chi connectivity index (χ3v) is 5.00. The topological polar surface area (TPSA) is 59.2 Å². The molecule has 1 unspecified atom stereocenters.